The molecule has 84 valence electrons. The molecule has 0 saturated carbocycles. The summed E-state index contributed by atoms with van der Waals surface area (Å²) < 4.78 is 4.43. The molecule has 0 amide bonds. The Kier molecular flexibility index (Phi) is 4.09. The van der Waals surface area contributed by atoms with Crippen molar-refractivity contribution in [2.75, 3.05) is 7.11 Å². The first-order valence-electron chi connectivity index (χ1n) is 4.44. The smallest absolute Gasteiger partial charge is 0.345 e. The van der Waals surface area contributed by atoms with Crippen LogP contribution in [0.2, 0.25) is 0 Å². The number of hydrogen-bond donors (Lipinski definition) is 1. The van der Waals surface area contributed by atoms with Gasteiger partial charge in [-0.05, 0) is 18.6 Å². The van der Waals surface area contributed by atoms with Crippen LogP contribution >= 0.6 is 11.3 Å². The number of carbonyl (C=O) groups excluding carboxylic acids is 1. The molecule has 0 aliphatic carbocycles. The minimum absolute atomic E-state index is 0.0102. The van der Waals surface area contributed by atoms with Crippen LogP contribution in [0.25, 0.3) is 0 Å². The average Bonchev–Trinajstić information content (AvgIpc) is 2.60. The van der Waals surface area contributed by atoms with Gasteiger partial charge < -0.3 is 9.84 Å². The predicted molar refractivity (Wildman–Crippen MR) is 59.5 cm³/mol. The van der Waals surface area contributed by atoms with Gasteiger partial charge in [0.2, 0.25) is 0 Å². The number of aromatic carboxylic acids is 1. The maximum atomic E-state index is 10.8. The Morgan fingerprint density at radius 3 is 2.75 bits per heavy atom. The fourth-order valence-corrected chi connectivity index (χ4v) is 1.87. The first-order chi connectivity index (χ1) is 7.54. The normalized spacial score (nSPS) is 9.12. The second-order valence-corrected chi connectivity index (χ2v) is 4.03. The topological polar surface area (TPSA) is 63.6 Å². The summed E-state index contributed by atoms with van der Waals surface area (Å²) in [6, 6.07) is 1.56. The molecule has 0 radical (unpaired) electrons. The van der Waals surface area contributed by atoms with Crippen molar-refractivity contribution in [3.8, 4) is 11.8 Å². The van der Waals surface area contributed by atoms with Crippen LogP contribution in [0.4, 0.5) is 0 Å². The minimum Gasteiger partial charge on any atom is -0.477 e. The van der Waals surface area contributed by atoms with Crippen molar-refractivity contribution in [3.05, 3.63) is 21.4 Å². The number of hydrogen-bond acceptors (Lipinski definition) is 4. The lowest BCUT2D eigenvalue weighted by Crippen LogP contribution is -1.96. The minimum atomic E-state index is -0.964. The Balaban J connectivity index is 2.81. The van der Waals surface area contributed by atoms with Crippen LogP contribution in [0.1, 0.15) is 26.5 Å². The first-order valence-corrected chi connectivity index (χ1v) is 5.25. The fraction of sp³-hybridized carbons (Fsp3) is 0.273. The molecule has 0 aromatic carbocycles. The van der Waals surface area contributed by atoms with Crippen LogP contribution in [0, 0.1) is 18.8 Å². The highest BCUT2D eigenvalue weighted by atomic mass is 32.1. The summed E-state index contributed by atoms with van der Waals surface area (Å²) >= 11 is 1.10. The standard InChI is InChI=1S/C11H10O4S/c1-7-6-9(11(13)14)16-8(7)4-3-5-10(12)15-2/h6H,5H2,1-2H3,(H,13,14). The molecule has 1 aromatic heterocycles. The molecule has 1 aromatic rings. The van der Waals surface area contributed by atoms with Crippen molar-refractivity contribution in [3.63, 3.8) is 0 Å². The SMILES string of the molecule is COC(=O)CC#Cc1sc(C(=O)O)cc1C. The monoisotopic (exact) mass is 238 g/mol. The molecule has 0 bridgehead atoms. The zero-order chi connectivity index (χ0) is 12.1. The number of methoxy groups -OCH3 is 1. The van der Waals surface area contributed by atoms with Gasteiger partial charge in [-0.2, -0.15) is 0 Å². The third-order valence-electron chi connectivity index (χ3n) is 1.79. The first kappa shape index (κ1) is 12.3. The molecule has 5 heteroatoms. The maximum absolute atomic E-state index is 10.8. The van der Waals surface area contributed by atoms with E-state index in [2.05, 4.69) is 16.6 Å². The van der Waals surface area contributed by atoms with Crippen molar-refractivity contribution in [1.29, 1.82) is 0 Å². The van der Waals surface area contributed by atoms with E-state index in [-0.39, 0.29) is 11.3 Å². The molecular weight excluding hydrogens is 228 g/mol. The molecular formula is C11H10O4S. The summed E-state index contributed by atoms with van der Waals surface area (Å²) in [4.78, 5) is 22.4. The molecule has 0 atom stereocenters. The molecule has 0 saturated heterocycles. The van der Waals surface area contributed by atoms with Crippen molar-refractivity contribution < 1.29 is 19.4 Å². The molecule has 1 rings (SSSR count). The number of carboxylic acid groups (broad SMARTS) is 1. The summed E-state index contributed by atoms with van der Waals surface area (Å²) in [6.45, 7) is 1.78. The zero-order valence-corrected chi connectivity index (χ0v) is 9.68. The maximum Gasteiger partial charge on any atom is 0.345 e. The van der Waals surface area contributed by atoms with E-state index in [0.29, 0.717) is 4.88 Å². The third-order valence-corrected chi connectivity index (χ3v) is 2.93. The van der Waals surface area contributed by atoms with Gasteiger partial charge in [-0.15, -0.1) is 11.3 Å². The molecule has 16 heavy (non-hydrogen) atoms. The summed E-state index contributed by atoms with van der Waals surface area (Å²) in [5.41, 5.74) is 0.805. The van der Waals surface area contributed by atoms with Crippen LogP contribution in [0.5, 0.6) is 0 Å². The number of carbonyl (C=O) groups is 2. The van der Waals surface area contributed by atoms with E-state index < -0.39 is 11.9 Å². The van der Waals surface area contributed by atoms with E-state index in [1.165, 1.54) is 7.11 Å². The number of ether oxygens (including phenoxy) is 1. The molecule has 0 aliphatic rings. The Hall–Kier alpha value is -1.80. The Morgan fingerprint density at radius 2 is 2.25 bits per heavy atom. The van der Waals surface area contributed by atoms with Crippen molar-refractivity contribution in [2.24, 2.45) is 0 Å². The highest BCUT2D eigenvalue weighted by molar-refractivity contribution is 7.14. The van der Waals surface area contributed by atoms with Gasteiger partial charge in [-0.1, -0.05) is 11.8 Å². The lowest BCUT2D eigenvalue weighted by atomic mass is 10.2. The molecule has 0 fully saturated rings. The second-order valence-electron chi connectivity index (χ2n) is 2.98. The number of rotatable bonds is 2. The largest absolute Gasteiger partial charge is 0.477 e. The summed E-state index contributed by atoms with van der Waals surface area (Å²) in [6.07, 6.45) is 0.0102. The van der Waals surface area contributed by atoms with E-state index in [9.17, 15) is 9.59 Å². The highest BCUT2D eigenvalue weighted by Gasteiger charge is 2.09. The van der Waals surface area contributed by atoms with E-state index in [4.69, 9.17) is 5.11 Å². The van der Waals surface area contributed by atoms with Crippen molar-refractivity contribution in [1.82, 2.24) is 0 Å². The van der Waals surface area contributed by atoms with Gasteiger partial charge >= 0.3 is 11.9 Å². The van der Waals surface area contributed by atoms with Crippen LogP contribution < -0.4 is 0 Å². The van der Waals surface area contributed by atoms with Gasteiger partial charge in [-0.3, -0.25) is 4.79 Å². The van der Waals surface area contributed by atoms with Crippen molar-refractivity contribution >= 4 is 23.3 Å². The van der Waals surface area contributed by atoms with Gasteiger partial charge in [0, 0.05) is 0 Å². The highest BCUT2D eigenvalue weighted by Crippen LogP contribution is 2.20. The molecule has 1 N–H and O–H groups in total. The van der Waals surface area contributed by atoms with E-state index in [1.54, 1.807) is 13.0 Å². The average molecular weight is 238 g/mol. The fourth-order valence-electron chi connectivity index (χ4n) is 0.980. The molecule has 1 heterocycles. The third kappa shape index (κ3) is 3.11. The Labute approximate surface area is 96.9 Å². The summed E-state index contributed by atoms with van der Waals surface area (Å²) in [5.74, 6) is 4.03. The molecule has 0 unspecified atom stereocenters. The number of carboxylic acids is 1. The van der Waals surface area contributed by atoms with Gasteiger partial charge in [0.15, 0.2) is 0 Å². The predicted octanol–water partition coefficient (Wildman–Crippen LogP) is 1.67. The number of aryl methyl sites for hydroxylation is 1. The van der Waals surface area contributed by atoms with Gasteiger partial charge in [0.25, 0.3) is 0 Å². The van der Waals surface area contributed by atoms with Crippen LogP contribution in [0.3, 0.4) is 0 Å². The lowest BCUT2D eigenvalue weighted by Gasteiger charge is -1.89. The van der Waals surface area contributed by atoms with Gasteiger partial charge in [0.1, 0.15) is 11.3 Å². The lowest BCUT2D eigenvalue weighted by molar-refractivity contribution is -0.139. The number of esters is 1. The van der Waals surface area contributed by atoms with E-state index in [0.717, 1.165) is 16.9 Å². The number of thiophene rings is 1. The molecule has 0 aliphatic heterocycles. The van der Waals surface area contributed by atoms with Crippen molar-refractivity contribution in [2.45, 2.75) is 13.3 Å². The van der Waals surface area contributed by atoms with E-state index in [1.807, 2.05) is 0 Å². The zero-order valence-electron chi connectivity index (χ0n) is 8.86. The summed E-state index contributed by atoms with van der Waals surface area (Å²) in [5, 5.41) is 8.76. The quantitative estimate of drug-likeness (QED) is 0.628. The van der Waals surface area contributed by atoms with Crippen LogP contribution in [-0.4, -0.2) is 24.2 Å². The Bertz CT molecular complexity index is 476. The van der Waals surface area contributed by atoms with Gasteiger partial charge in [0.05, 0.1) is 12.0 Å². The van der Waals surface area contributed by atoms with Crippen LogP contribution in [-0.2, 0) is 9.53 Å². The van der Waals surface area contributed by atoms with E-state index >= 15 is 0 Å². The second kappa shape index (κ2) is 5.33. The Morgan fingerprint density at radius 1 is 1.56 bits per heavy atom. The molecule has 0 spiro atoms. The van der Waals surface area contributed by atoms with Gasteiger partial charge in [-0.25, -0.2) is 4.79 Å². The summed E-state index contributed by atoms with van der Waals surface area (Å²) in [7, 11) is 1.29. The van der Waals surface area contributed by atoms with Crippen LogP contribution in [0.15, 0.2) is 6.07 Å². The molecule has 4 nitrogen and oxygen atoms in total.